The summed E-state index contributed by atoms with van der Waals surface area (Å²) in [6.07, 6.45) is 1.79. The first-order valence-electron chi connectivity index (χ1n) is 5.42. The third-order valence-electron chi connectivity index (χ3n) is 3.00. The van der Waals surface area contributed by atoms with Crippen molar-refractivity contribution in [3.05, 3.63) is 39.1 Å². The quantitative estimate of drug-likeness (QED) is 0.700. The van der Waals surface area contributed by atoms with E-state index in [1.807, 2.05) is 4.90 Å². The average Bonchev–Trinajstić information content (AvgIpc) is 2.34. The predicted molar refractivity (Wildman–Crippen MR) is 66.0 cm³/mol. The highest BCUT2D eigenvalue weighted by molar-refractivity contribution is 5.45. The maximum absolute atomic E-state index is 12.0. The summed E-state index contributed by atoms with van der Waals surface area (Å²) in [7, 11) is 3.16. The van der Waals surface area contributed by atoms with Crippen molar-refractivity contribution >= 4 is 5.82 Å². The van der Waals surface area contributed by atoms with Gasteiger partial charge in [-0.1, -0.05) is 6.08 Å². The molecule has 0 fully saturated rings. The topological polar surface area (TPSA) is 59.3 Å². The molecule has 1 aliphatic heterocycles. The first-order valence-corrected chi connectivity index (χ1v) is 5.42. The van der Waals surface area contributed by atoms with Crippen LogP contribution < -0.4 is 16.6 Å². The minimum absolute atomic E-state index is 0.232. The summed E-state index contributed by atoms with van der Waals surface area (Å²) in [5.74, 6) is 0.624. The number of hydrogen-bond acceptors (Lipinski definition) is 4. The van der Waals surface area contributed by atoms with Crippen LogP contribution in [0.3, 0.4) is 0 Å². The summed E-state index contributed by atoms with van der Waals surface area (Å²) in [4.78, 5) is 25.8. The summed E-state index contributed by atoms with van der Waals surface area (Å²) in [6.45, 7) is 5.53. The van der Waals surface area contributed by atoms with Crippen molar-refractivity contribution in [3.63, 3.8) is 0 Å². The lowest BCUT2D eigenvalue weighted by Gasteiger charge is -2.29. The van der Waals surface area contributed by atoms with E-state index in [0.29, 0.717) is 31.1 Å². The monoisotopic (exact) mass is 236 g/mol. The average molecular weight is 236 g/mol. The Kier molecular flexibility index (Phi) is 2.89. The van der Waals surface area contributed by atoms with E-state index in [1.165, 1.54) is 11.6 Å². The van der Waals surface area contributed by atoms with Gasteiger partial charge in [-0.15, -0.1) is 6.58 Å². The third kappa shape index (κ3) is 1.80. The van der Waals surface area contributed by atoms with Gasteiger partial charge in [-0.05, 0) is 0 Å². The molecule has 92 valence electrons. The first-order chi connectivity index (χ1) is 8.06. The van der Waals surface area contributed by atoms with Gasteiger partial charge in [0.25, 0.3) is 5.56 Å². The minimum Gasteiger partial charge on any atom is -0.358 e. The summed E-state index contributed by atoms with van der Waals surface area (Å²) in [5, 5.41) is 3.10. The van der Waals surface area contributed by atoms with E-state index < -0.39 is 0 Å². The predicted octanol–water partition coefficient (Wildman–Crippen LogP) is -0.545. The van der Waals surface area contributed by atoms with E-state index >= 15 is 0 Å². The largest absolute Gasteiger partial charge is 0.358 e. The fourth-order valence-corrected chi connectivity index (χ4v) is 2.06. The highest BCUT2D eigenvalue weighted by Gasteiger charge is 2.21. The molecule has 0 atom stereocenters. The van der Waals surface area contributed by atoms with Crippen molar-refractivity contribution in [3.8, 4) is 0 Å². The number of anilines is 1. The summed E-state index contributed by atoms with van der Waals surface area (Å²) in [5.41, 5.74) is 0.0884. The summed E-state index contributed by atoms with van der Waals surface area (Å²) in [6, 6.07) is 0. The van der Waals surface area contributed by atoms with Gasteiger partial charge in [-0.2, -0.15) is 0 Å². The molecular weight excluding hydrogens is 220 g/mol. The fraction of sp³-hybridized carbons (Fsp3) is 0.455. The van der Waals surface area contributed by atoms with Crippen LogP contribution in [0.15, 0.2) is 22.2 Å². The zero-order chi connectivity index (χ0) is 12.6. The van der Waals surface area contributed by atoms with Gasteiger partial charge in [0.1, 0.15) is 5.82 Å². The molecule has 0 aromatic carbocycles. The molecule has 0 bridgehead atoms. The number of hydrogen-bond donors (Lipinski definition) is 1. The Morgan fingerprint density at radius 1 is 1.35 bits per heavy atom. The molecule has 6 heteroatoms. The van der Waals surface area contributed by atoms with Crippen LogP contribution in [-0.4, -0.2) is 27.2 Å². The maximum atomic E-state index is 12.0. The first kappa shape index (κ1) is 11.7. The molecule has 1 aromatic heterocycles. The van der Waals surface area contributed by atoms with E-state index in [4.69, 9.17) is 0 Å². The number of fused-ring (bicyclic) bond motifs is 1. The molecule has 1 aromatic rings. The number of nitrogens with zero attached hydrogens (tertiary/aromatic N) is 3. The Morgan fingerprint density at radius 2 is 2.06 bits per heavy atom. The van der Waals surface area contributed by atoms with Crippen LogP contribution in [0.25, 0.3) is 0 Å². The normalized spacial score (nSPS) is 15.2. The fourth-order valence-electron chi connectivity index (χ4n) is 2.06. The van der Waals surface area contributed by atoms with Gasteiger partial charge in [0.05, 0.1) is 12.2 Å². The molecule has 0 amide bonds. The molecule has 6 nitrogen and oxygen atoms in total. The second-order valence-corrected chi connectivity index (χ2v) is 4.17. The van der Waals surface area contributed by atoms with E-state index in [9.17, 15) is 9.59 Å². The molecule has 0 spiro atoms. The Hall–Kier alpha value is -1.82. The highest BCUT2D eigenvalue weighted by Crippen LogP contribution is 2.15. The van der Waals surface area contributed by atoms with E-state index in [-0.39, 0.29) is 11.2 Å². The maximum Gasteiger partial charge on any atom is 0.332 e. The van der Waals surface area contributed by atoms with Crippen LogP contribution in [0.5, 0.6) is 0 Å². The van der Waals surface area contributed by atoms with Crippen LogP contribution in [0.1, 0.15) is 5.56 Å². The lowest BCUT2D eigenvalue weighted by molar-refractivity contribution is 0.300. The van der Waals surface area contributed by atoms with Crippen molar-refractivity contribution in [1.82, 2.24) is 14.0 Å². The molecule has 0 aliphatic carbocycles. The van der Waals surface area contributed by atoms with E-state index in [2.05, 4.69) is 11.9 Å². The molecule has 17 heavy (non-hydrogen) atoms. The SMILES string of the molecule is C=CCN1CNc2c(c(=O)n(C)c(=O)n2C)C1. The molecular formula is C11H16N4O2. The minimum atomic E-state index is -0.307. The van der Waals surface area contributed by atoms with Crippen molar-refractivity contribution in [2.24, 2.45) is 14.1 Å². The van der Waals surface area contributed by atoms with Gasteiger partial charge < -0.3 is 5.32 Å². The van der Waals surface area contributed by atoms with E-state index in [1.54, 1.807) is 13.1 Å². The molecule has 0 radical (unpaired) electrons. The number of rotatable bonds is 2. The van der Waals surface area contributed by atoms with E-state index in [0.717, 1.165) is 4.57 Å². The van der Waals surface area contributed by atoms with Crippen LogP contribution in [0.4, 0.5) is 5.82 Å². The zero-order valence-corrected chi connectivity index (χ0v) is 10.1. The Morgan fingerprint density at radius 3 is 2.71 bits per heavy atom. The second kappa shape index (κ2) is 4.21. The molecule has 0 saturated carbocycles. The molecule has 1 aliphatic rings. The number of nitrogens with one attached hydrogen (secondary N) is 1. The van der Waals surface area contributed by atoms with Gasteiger partial charge in [-0.3, -0.25) is 18.8 Å². The molecule has 2 heterocycles. The van der Waals surface area contributed by atoms with Crippen molar-refractivity contribution < 1.29 is 0 Å². The zero-order valence-electron chi connectivity index (χ0n) is 10.1. The standard InChI is InChI=1S/C11H16N4O2/c1-4-5-15-6-8-9(12-7-15)13(2)11(17)14(3)10(8)16/h4,12H,1,5-7H2,2-3H3. The van der Waals surface area contributed by atoms with Crippen molar-refractivity contribution in [2.45, 2.75) is 6.54 Å². The number of aromatic nitrogens is 2. The van der Waals surface area contributed by atoms with Crippen LogP contribution in [0, 0.1) is 0 Å². The summed E-state index contributed by atoms with van der Waals surface area (Å²) >= 11 is 0. The van der Waals surface area contributed by atoms with Crippen molar-refractivity contribution in [2.75, 3.05) is 18.5 Å². The second-order valence-electron chi connectivity index (χ2n) is 4.17. The van der Waals surface area contributed by atoms with Gasteiger partial charge in [0.15, 0.2) is 0 Å². The Labute approximate surface area is 98.8 Å². The van der Waals surface area contributed by atoms with Crippen LogP contribution in [0.2, 0.25) is 0 Å². The van der Waals surface area contributed by atoms with Crippen LogP contribution in [-0.2, 0) is 20.6 Å². The molecule has 0 saturated heterocycles. The Bertz CT molecular complexity index is 570. The summed E-state index contributed by atoms with van der Waals surface area (Å²) < 4.78 is 2.61. The molecule has 0 unspecified atom stereocenters. The lowest BCUT2D eigenvalue weighted by Crippen LogP contribution is -2.46. The highest BCUT2D eigenvalue weighted by atomic mass is 16.2. The molecule has 2 rings (SSSR count). The van der Waals surface area contributed by atoms with Gasteiger partial charge in [0, 0.05) is 27.2 Å². The van der Waals surface area contributed by atoms with Gasteiger partial charge >= 0.3 is 5.69 Å². The third-order valence-corrected chi connectivity index (χ3v) is 3.00. The van der Waals surface area contributed by atoms with Crippen LogP contribution >= 0.6 is 0 Å². The van der Waals surface area contributed by atoms with Gasteiger partial charge in [-0.25, -0.2) is 4.79 Å². The Balaban J connectivity index is 2.55. The lowest BCUT2D eigenvalue weighted by atomic mass is 10.2. The van der Waals surface area contributed by atoms with Crippen molar-refractivity contribution in [1.29, 1.82) is 0 Å². The van der Waals surface area contributed by atoms with Gasteiger partial charge in [0.2, 0.25) is 0 Å². The molecule has 1 N–H and O–H groups in total. The smallest absolute Gasteiger partial charge is 0.332 e.